The molecule has 2 aromatic carbocycles. The molecule has 0 aliphatic carbocycles. The lowest BCUT2D eigenvalue weighted by Gasteiger charge is -2.34. The molecule has 0 spiro atoms. The maximum Gasteiger partial charge on any atom is 0.125 e. The smallest absolute Gasteiger partial charge is 0.125 e. The van der Waals surface area contributed by atoms with Crippen LogP contribution in [0.15, 0.2) is 58.5 Å². The fourth-order valence-electron chi connectivity index (χ4n) is 3.83. The van der Waals surface area contributed by atoms with Crippen molar-refractivity contribution in [2.24, 2.45) is 21.5 Å². The van der Waals surface area contributed by atoms with Crippen LogP contribution in [0.2, 0.25) is 0 Å². The van der Waals surface area contributed by atoms with E-state index >= 15 is 0 Å². The molecule has 1 fully saturated rings. The van der Waals surface area contributed by atoms with E-state index < -0.39 is 0 Å². The number of nitrogens with two attached hydrogens (primary N) is 2. The van der Waals surface area contributed by atoms with Gasteiger partial charge in [0, 0.05) is 63.5 Å². The first kappa shape index (κ1) is 24.0. The first-order valence-electron chi connectivity index (χ1n) is 11.8. The molecule has 0 atom stereocenters. The molecule has 0 unspecified atom stereocenters. The number of aliphatic imine (C=N–C) groups is 2. The summed E-state index contributed by atoms with van der Waals surface area (Å²) in [4.78, 5) is 13.8. The highest BCUT2D eigenvalue weighted by atomic mass is 15.3. The molecule has 1 aliphatic heterocycles. The van der Waals surface area contributed by atoms with Crippen molar-refractivity contribution in [1.29, 1.82) is 0 Å². The molecule has 0 saturated carbocycles. The van der Waals surface area contributed by atoms with E-state index in [1.807, 2.05) is 0 Å². The molecule has 32 heavy (non-hydrogen) atoms. The zero-order chi connectivity index (χ0) is 22.8. The van der Waals surface area contributed by atoms with E-state index in [0.717, 1.165) is 76.3 Å². The predicted molar refractivity (Wildman–Crippen MR) is 135 cm³/mol. The van der Waals surface area contributed by atoms with E-state index in [4.69, 9.17) is 11.5 Å². The van der Waals surface area contributed by atoms with Crippen molar-refractivity contribution in [1.82, 2.24) is 9.80 Å². The Bertz CT molecular complexity index is 802. The van der Waals surface area contributed by atoms with Gasteiger partial charge in [-0.1, -0.05) is 62.4 Å². The van der Waals surface area contributed by atoms with Gasteiger partial charge in [-0.05, 0) is 24.0 Å². The summed E-state index contributed by atoms with van der Waals surface area (Å²) in [6.45, 7) is 12.1. The van der Waals surface area contributed by atoms with Gasteiger partial charge in [0.2, 0.25) is 0 Å². The van der Waals surface area contributed by atoms with Gasteiger partial charge in [-0.25, -0.2) is 0 Å². The summed E-state index contributed by atoms with van der Waals surface area (Å²) in [7, 11) is 0. The molecule has 0 aromatic heterocycles. The molecule has 6 nitrogen and oxygen atoms in total. The van der Waals surface area contributed by atoms with Crippen LogP contribution in [0.5, 0.6) is 0 Å². The summed E-state index contributed by atoms with van der Waals surface area (Å²) in [6, 6.07) is 17.0. The third-order valence-corrected chi connectivity index (χ3v) is 5.79. The van der Waals surface area contributed by atoms with Crippen molar-refractivity contribution in [3.8, 4) is 0 Å². The molecule has 0 amide bonds. The standard InChI is InChI=1S/C26H38N6/c1-3-13-29-25(27)23-9-5-21(6-10-23)19-31-15-17-32(18-16-31)20-22-7-11-24(12-8-22)26(28)30-14-4-2/h5-12H,3-4,13-20H2,1-2H3,(H2,27,29)(H2,28,30). The third kappa shape index (κ3) is 7.18. The third-order valence-electron chi connectivity index (χ3n) is 5.79. The zero-order valence-electron chi connectivity index (χ0n) is 19.6. The Labute approximate surface area is 193 Å². The highest BCUT2D eigenvalue weighted by molar-refractivity contribution is 5.97. The predicted octanol–water partition coefficient (Wildman–Crippen LogP) is 3.24. The van der Waals surface area contributed by atoms with Gasteiger partial charge in [-0.3, -0.25) is 19.8 Å². The van der Waals surface area contributed by atoms with E-state index in [9.17, 15) is 0 Å². The summed E-state index contributed by atoms with van der Waals surface area (Å²) in [5.74, 6) is 1.27. The molecule has 1 heterocycles. The van der Waals surface area contributed by atoms with Gasteiger partial charge in [-0.2, -0.15) is 0 Å². The van der Waals surface area contributed by atoms with Gasteiger partial charge in [0.05, 0.1) is 0 Å². The van der Waals surface area contributed by atoms with Crippen LogP contribution in [0.4, 0.5) is 0 Å². The molecule has 1 aliphatic rings. The summed E-state index contributed by atoms with van der Waals surface area (Å²) < 4.78 is 0. The maximum absolute atomic E-state index is 6.06. The van der Waals surface area contributed by atoms with E-state index in [1.165, 1.54) is 11.1 Å². The second-order valence-corrected chi connectivity index (χ2v) is 8.48. The monoisotopic (exact) mass is 434 g/mol. The minimum Gasteiger partial charge on any atom is -0.384 e. The van der Waals surface area contributed by atoms with Gasteiger partial charge in [0.1, 0.15) is 11.7 Å². The van der Waals surface area contributed by atoms with Crippen LogP contribution in [0.25, 0.3) is 0 Å². The number of nitrogens with zero attached hydrogens (tertiary/aromatic N) is 4. The highest BCUT2D eigenvalue weighted by Crippen LogP contribution is 2.13. The highest BCUT2D eigenvalue weighted by Gasteiger charge is 2.17. The van der Waals surface area contributed by atoms with Gasteiger partial charge in [-0.15, -0.1) is 0 Å². The van der Waals surface area contributed by atoms with Crippen LogP contribution in [0.3, 0.4) is 0 Å². The second kappa shape index (κ2) is 12.4. The molecule has 172 valence electrons. The average Bonchev–Trinajstić information content (AvgIpc) is 2.83. The molecular formula is C26H38N6. The maximum atomic E-state index is 6.06. The Balaban J connectivity index is 1.45. The quantitative estimate of drug-likeness (QED) is 0.444. The van der Waals surface area contributed by atoms with E-state index in [1.54, 1.807) is 0 Å². The minimum absolute atomic E-state index is 0.635. The number of hydrogen-bond acceptors (Lipinski definition) is 4. The Hall–Kier alpha value is -2.70. The van der Waals surface area contributed by atoms with E-state index in [2.05, 4.69) is 82.2 Å². The largest absolute Gasteiger partial charge is 0.384 e. The number of hydrogen-bond donors (Lipinski definition) is 2. The fourth-order valence-corrected chi connectivity index (χ4v) is 3.83. The number of benzene rings is 2. The molecule has 6 heteroatoms. The minimum atomic E-state index is 0.635. The van der Waals surface area contributed by atoms with Crippen molar-refractivity contribution in [3.63, 3.8) is 0 Å². The molecule has 2 aromatic rings. The average molecular weight is 435 g/mol. The van der Waals surface area contributed by atoms with Crippen LogP contribution in [0, 0.1) is 0 Å². The fraction of sp³-hybridized carbons (Fsp3) is 0.462. The topological polar surface area (TPSA) is 83.2 Å². The number of amidine groups is 2. The molecule has 4 N–H and O–H groups in total. The molecule has 0 radical (unpaired) electrons. The lowest BCUT2D eigenvalue weighted by Crippen LogP contribution is -2.45. The Kier molecular flexibility index (Phi) is 9.26. The molecule has 3 rings (SSSR count). The summed E-state index contributed by atoms with van der Waals surface area (Å²) in [5.41, 5.74) is 16.8. The van der Waals surface area contributed by atoms with Crippen molar-refractivity contribution < 1.29 is 0 Å². The summed E-state index contributed by atoms with van der Waals surface area (Å²) in [6.07, 6.45) is 2.02. The SMILES string of the molecule is CCCN=C(N)c1ccc(CN2CCN(Cc3ccc(C(N)=NCCC)cc3)CC2)cc1. The van der Waals surface area contributed by atoms with Crippen LogP contribution in [0.1, 0.15) is 48.9 Å². The van der Waals surface area contributed by atoms with Crippen molar-refractivity contribution in [3.05, 3.63) is 70.8 Å². The normalized spacial score (nSPS) is 16.4. The van der Waals surface area contributed by atoms with E-state index in [-0.39, 0.29) is 0 Å². The Morgan fingerprint density at radius 1 is 0.656 bits per heavy atom. The van der Waals surface area contributed by atoms with Gasteiger partial charge in [0.25, 0.3) is 0 Å². The van der Waals surface area contributed by atoms with Crippen LogP contribution in [-0.2, 0) is 13.1 Å². The first-order chi connectivity index (χ1) is 15.6. The first-order valence-corrected chi connectivity index (χ1v) is 11.8. The van der Waals surface area contributed by atoms with Crippen LogP contribution < -0.4 is 11.5 Å². The van der Waals surface area contributed by atoms with Gasteiger partial charge >= 0.3 is 0 Å². The molecule has 1 saturated heterocycles. The Morgan fingerprint density at radius 2 is 1.00 bits per heavy atom. The van der Waals surface area contributed by atoms with Crippen LogP contribution >= 0.6 is 0 Å². The summed E-state index contributed by atoms with van der Waals surface area (Å²) >= 11 is 0. The van der Waals surface area contributed by atoms with Crippen LogP contribution in [-0.4, -0.2) is 60.7 Å². The van der Waals surface area contributed by atoms with E-state index in [0.29, 0.717) is 11.7 Å². The lowest BCUT2D eigenvalue weighted by molar-refractivity contribution is 0.122. The van der Waals surface area contributed by atoms with Gasteiger partial charge in [0.15, 0.2) is 0 Å². The van der Waals surface area contributed by atoms with Gasteiger partial charge < -0.3 is 11.5 Å². The van der Waals surface area contributed by atoms with Crippen molar-refractivity contribution in [2.45, 2.75) is 39.8 Å². The van der Waals surface area contributed by atoms with Crippen molar-refractivity contribution >= 4 is 11.7 Å². The second-order valence-electron chi connectivity index (χ2n) is 8.48. The number of piperazine rings is 1. The summed E-state index contributed by atoms with van der Waals surface area (Å²) in [5, 5.41) is 0. The number of rotatable bonds is 10. The zero-order valence-corrected chi connectivity index (χ0v) is 19.6. The van der Waals surface area contributed by atoms with Crippen molar-refractivity contribution in [2.75, 3.05) is 39.3 Å². The molecule has 0 bridgehead atoms. The molecular weight excluding hydrogens is 396 g/mol. The lowest BCUT2D eigenvalue weighted by atomic mass is 10.1. The Morgan fingerprint density at radius 3 is 1.31 bits per heavy atom.